The minimum Gasteiger partial charge on any atom is -0.508 e. The Morgan fingerprint density at radius 3 is 2.67 bits per heavy atom. The van der Waals surface area contributed by atoms with Gasteiger partial charge in [0.2, 0.25) is 0 Å². The van der Waals surface area contributed by atoms with Crippen LogP contribution in [0.15, 0.2) is 33.5 Å². The number of hydrogen-bond acceptors (Lipinski definition) is 2. The van der Waals surface area contributed by atoms with Gasteiger partial charge in [0.15, 0.2) is 5.56 Å². The van der Waals surface area contributed by atoms with Gasteiger partial charge in [0.1, 0.15) is 5.75 Å². The Morgan fingerprint density at radius 1 is 1.43 bits per heavy atom. The number of phenolic OH excluding ortho intramolecular Hbond substituents is 1. The smallest absolute Gasteiger partial charge is 0.256 e. The molecule has 109 valence electrons. The van der Waals surface area contributed by atoms with E-state index < -0.39 is 18.5 Å². The molecule has 0 saturated carbocycles. The molecule has 1 N–H and O–H groups in total. The number of aryl methyl sites for hydroxylation is 1. The summed E-state index contributed by atoms with van der Waals surface area (Å²) in [6.45, 7) is 0.857. The van der Waals surface area contributed by atoms with Crippen molar-refractivity contribution in [1.82, 2.24) is 4.57 Å². The molecule has 0 saturated heterocycles. The van der Waals surface area contributed by atoms with E-state index in [2.05, 4.69) is 22.0 Å². The summed E-state index contributed by atoms with van der Waals surface area (Å²) in [6.07, 6.45) is -2.64. The van der Waals surface area contributed by atoms with Crippen molar-refractivity contribution in [3.8, 4) is 17.0 Å². The van der Waals surface area contributed by atoms with Crippen LogP contribution in [0.2, 0.25) is 0 Å². The van der Waals surface area contributed by atoms with E-state index in [1.54, 1.807) is 13.0 Å². The van der Waals surface area contributed by atoms with Gasteiger partial charge < -0.3 is 9.67 Å². The predicted octanol–water partition coefficient (Wildman–Crippen LogP) is 3.35. The summed E-state index contributed by atoms with van der Waals surface area (Å²) >= 11 is 3.24. The van der Waals surface area contributed by atoms with Crippen LogP contribution < -0.4 is 5.56 Å². The normalized spacial score (nSPS) is 10.5. The van der Waals surface area contributed by atoms with Gasteiger partial charge in [-0.05, 0) is 16.6 Å². The topological polar surface area (TPSA) is 42.2 Å². The number of nitrogens with zero attached hydrogens (tertiary/aromatic N) is 1. The largest absolute Gasteiger partial charge is 0.508 e. The molecule has 0 aliphatic carbocycles. The van der Waals surface area contributed by atoms with Crippen molar-refractivity contribution in [1.29, 1.82) is 0 Å². The van der Waals surface area contributed by atoms with E-state index in [0.29, 0.717) is 15.6 Å². The molecule has 1 heterocycles. The first-order chi connectivity index (χ1) is 9.40. The Hall–Kier alpha value is -0.586. The zero-order valence-electron chi connectivity index (χ0n) is 11.1. The first-order valence-corrected chi connectivity index (χ1v) is 6.58. The summed E-state index contributed by atoms with van der Waals surface area (Å²) in [6, 6.07) is 8.71. The van der Waals surface area contributed by atoms with E-state index in [1.807, 2.05) is 0 Å². The maximum absolute atomic E-state index is 12.7. The average Bonchev–Trinajstić information content (AvgIpc) is 2.36. The van der Waals surface area contributed by atoms with Crippen LogP contribution >= 0.6 is 15.9 Å². The van der Waals surface area contributed by atoms with Crippen molar-refractivity contribution in [2.24, 2.45) is 0 Å². The molecular formula is C14H11BrF2NO2Y-. The fraction of sp³-hybridized carbons (Fsp3) is 0.214. The van der Waals surface area contributed by atoms with Gasteiger partial charge >= 0.3 is 0 Å². The standard InChI is InChI=1S/C14H11BrF2NO2.Y/c1-8-2-5-12(18(14(8)20)7-13(16)17)10-4-3-9(19)6-11(10)15;/h2-4,6,13,19H,7H2,1H3;/q-1;. The Labute approximate surface area is 154 Å². The molecule has 1 aromatic carbocycles. The third-order valence-corrected chi connectivity index (χ3v) is 3.46. The molecule has 1 radical (unpaired) electrons. The van der Waals surface area contributed by atoms with Gasteiger partial charge in [0.25, 0.3) is 6.43 Å². The number of rotatable bonds is 3. The van der Waals surface area contributed by atoms with Crippen LogP contribution in [0.5, 0.6) is 5.75 Å². The molecule has 7 heteroatoms. The van der Waals surface area contributed by atoms with Gasteiger partial charge in [-0.1, -0.05) is 39.7 Å². The second-order valence-corrected chi connectivity index (χ2v) is 5.15. The van der Waals surface area contributed by atoms with Gasteiger partial charge in [0.05, 0.1) is 6.54 Å². The molecule has 0 amide bonds. The summed E-state index contributed by atoms with van der Waals surface area (Å²) in [5, 5.41) is 9.37. The summed E-state index contributed by atoms with van der Waals surface area (Å²) in [5.41, 5.74) is 0.650. The first kappa shape index (κ1) is 18.5. The molecule has 2 aromatic rings. The van der Waals surface area contributed by atoms with Gasteiger partial charge in [0, 0.05) is 32.7 Å². The van der Waals surface area contributed by atoms with Crippen LogP contribution in [0.1, 0.15) is 5.56 Å². The number of halogens is 3. The Kier molecular flexibility index (Phi) is 6.69. The van der Waals surface area contributed by atoms with Gasteiger partial charge in [-0.2, -0.15) is 12.1 Å². The molecule has 0 aliphatic rings. The van der Waals surface area contributed by atoms with Crippen LogP contribution in [0.3, 0.4) is 0 Å². The SMILES string of the molecule is Cc1c[c-]c(-c2ccc(O)cc2Br)n(CC(F)F)c1=O.[Y]. The van der Waals surface area contributed by atoms with E-state index in [0.717, 1.165) is 4.57 Å². The van der Waals surface area contributed by atoms with E-state index in [1.165, 1.54) is 18.2 Å². The molecule has 2 rings (SSSR count). The number of aromatic nitrogens is 1. The van der Waals surface area contributed by atoms with Crippen LogP contribution in [0.4, 0.5) is 8.78 Å². The van der Waals surface area contributed by atoms with Crippen molar-refractivity contribution < 1.29 is 46.6 Å². The molecule has 1 aromatic heterocycles. The molecule has 0 spiro atoms. The monoisotopic (exact) mass is 431 g/mol. The molecule has 21 heavy (non-hydrogen) atoms. The van der Waals surface area contributed by atoms with Gasteiger partial charge in [-0.15, -0.1) is 6.07 Å². The third-order valence-electron chi connectivity index (χ3n) is 2.81. The minimum atomic E-state index is -2.64. The zero-order chi connectivity index (χ0) is 14.9. The van der Waals surface area contributed by atoms with Crippen molar-refractivity contribution in [2.45, 2.75) is 19.9 Å². The Balaban J connectivity index is 0.00000220. The number of aromatic hydroxyl groups is 1. The molecule has 0 bridgehead atoms. The van der Waals surface area contributed by atoms with E-state index in [-0.39, 0.29) is 44.2 Å². The fourth-order valence-electron chi connectivity index (χ4n) is 1.86. The van der Waals surface area contributed by atoms with E-state index in [9.17, 15) is 18.7 Å². The Morgan fingerprint density at radius 2 is 2.10 bits per heavy atom. The van der Waals surface area contributed by atoms with Gasteiger partial charge in [-0.25, -0.2) is 8.78 Å². The number of phenols is 1. The average molecular weight is 432 g/mol. The van der Waals surface area contributed by atoms with Crippen LogP contribution in [-0.2, 0) is 39.3 Å². The number of pyridine rings is 1. The number of benzene rings is 1. The van der Waals surface area contributed by atoms with E-state index >= 15 is 0 Å². The molecular weight excluding hydrogens is 421 g/mol. The van der Waals surface area contributed by atoms with Crippen molar-refractivity contribution >= 4 is 15.9 Å². The van der Waals surface area contributed by atoms with Crippen molar-refractivity contribution in [3.05, 3.63) is 50.7 Å². The molecule has 0 fully saturated rings. The molecule has 0 unspecified atom stereocenters. The zero-order valence-corrected chi connectivity index (χ0v) is 15.5. The first-order valence-electron chi connectivity index (χ1n) is 5.79. The Bertz CT molecular complexity index is 704. The van der Waals surface area contributed by atoms with E-state index in [4.69, 9.17) is 0 Å². The molecule has 0 atom stereocenters. The van der Waals surface area contributed by atoms with Crippen molar-refractivity contribution in [2.75, 3.05) is 0 Å². The van der Waals surface area contributed by atoms with Crippen molar-refractivity contribution in [3.63, 3.8) is 0 Å². The fourth-order valence-corrected chi connectivity index (χ4v) is 2.42. The molecule has 3 nitrogen and oxygen atoms in total. The summed E-state index contributed by atoms with van der Waals surface area (Å²) in [7, 11) is 0. The second kappa shape index (κ2) is 7.61. The van der Waals surface area contributed by atoms with Crippen LogP contribution in [-0.4, -0.2) is 16.1 Å². The van der Waals surface area contributed by atoms with Crippen LogP contribution in [0.25, 0.3) is 11.3 Å². The number of alkyl halides is 2. The maximum atomic E-state index is 12.7. The summed E-state index contributed by atoms with van der Waals surface area (Å²) in [4.78, 5) is 12.0. The van der Waals surface area contributed by atoms with Crippen LogP contribution in [0, 0.1) is 13.0 Å². The summed E-state index contributed by atoms with van der Waals surface area (Å²) < 4.78 is 26.8. The second-order valence-electron chi connectivity index (χ2n) is 4.29. The third kappa shape index (κ3) is 4.21. The molecule has 0 aliphatic heterocycles. The number of hydrogen-bond donors (Lipinski definition) is 1. The minimum absolute atomic E-state index is 0. The maximum Gasteiger partial charge on any atom is 0.256 e. The predicted molar refractivity (Wildman–Crippen MR) is 75.1 cm³/mol. The summed E-state index contributed by atoms with van der Waals surface area (Å²) in [5.74, 6) is 0.0375. The quantitative estimate of drug-likeness (QED) is 0.757. The van der Waals surface area contributed by atoms with Gasteiger partial charge in [-0.3, -0.25) is 4.79 Å².